The second-order valence-corrected chi connectivity index (χ2v) is 5.75. The zero-order valence-electron chi connectivity index (χ0n) is 9.81. The van der Waals surface area contributed by atoms with Crippen LogP contribution in [0.5, 0.6) is 0 Å². The van der Waals surface area contributed by atoms with E-state index in [1.807, 2.05) is 43.3 Å². The Labute approximate surface area is 125 Å². The summed E-state index contributed by atoms with van der Waals surface area (Å²) in [6.07, 6.45) is 0. The highest BCUT2D eigenvalue weighted by Crippen LogP contribution is 2.26. The quantitative estimate of drug-likeness (QED) is 0.755. The van der Waals surface area contributed by atoms with Crippen LogP contribution in [0, 0.1) is 6.92 Å². The van der Waals surface area contributed by atoms with E-state index >= 15 is 0 Å². The third-order valence-electron chi connectivity index (χ3n) is 2.59. The molecule has 0 atom stereocenters. The van der Waals surface area contributed by atoms with Gasteiger partial charge in [-0.3, -0.25) is 0 Å². The average molecular weight is 345 g/mol. The maximum atomic E-state index is 6.13. The molecular formula is C14H12BrCl2N. The van der Waals surface area contributed by atoms with Crippen LogP contribution in [0.4, 0.5) is 5.69 Å². The van der Waals surface area contributed by atoms with E-state index in [1.54, 1.807) is 0 Å². The summed E-state index contributed by atoms with van der Waals surface area (Å²) >= 11 is 15.5. The summed E-state index contributed by atoms with van der Waals surface area (Å²) in [6.45, 7) is 2.75. The molecule has 0 radical (unpaired) electrons. The summed E-state index contributed by atoms with van der Waals surface area (Å²) in [4.78, 5) is 0. The van der Waals surface area contributed by atoms with E-state index in [-0.39, 0.29) is 0 Å². The van der Waals surface area contributed by atoms with Crippen LogP contribution in [0.1, 0.15) is 11.1 Å². The Hall–Kier alpha value is -0.700. The fourth-order valence-corrected chi connectivity index (χ4v) is 2.35. The van der Waals surface area contributed by atoms with Crippen molar-refractivity contribution in [2.24, 2.45) is 0 Å². The van der Waals surface area contributed by atoms with Crippen molar-refractivity contribution in [1.29, 1.82) is 0 Å². The van der Waals surface area contributed by atoms with Crippen molar-refractivity contribution in [3.8, 4) is 0 Å². The molecule has 0 amide bonds. The molecule has 2 aromatic carbocycles. The van der Waals surface area contributed by atoms with Crippen molar-refractivity contribution in [1.82, 2.24) is 0 Å². The Bertz CT molecular complexity index is 570. The van der Waals surface area contributed by atoms with Crippen LogP contribution in [0.3, 0.4) is 0 Å². The van der Waals surface area contributed by atoms with Crippen molar-refractivity contribution in [2.75, 3.05) is 5.32 Å². The van der Waals surface area contributed by atoms with Gasteiger partial charge in [-0.05, 0) is 58.2 Å². The van der Waals surface area contributed by atoms with E-state index < -0.39 is 0 Å². The van der Waals surface area contributed by atoms with Gasteiger partial charge in [-0.15, -0.1) is 0 Å². The lowest BCUT2D eigenvalue weighted by atomic mass is 10.2. The van der Waals surface area contributed by atoms with Gasteiger partial charge in [0.2, 0.25) is 0 Å². The number of anilines is 1. The molecule has 4 heteroatoms. The Kier molecular flexibility index (Phi) is 4.55. The molecule has 1 N–H and O–H groups in total. The maximum Gasteiger partial charge on any atom is 0.0637 e. The van der Waals surface area contributed by atoms with Gasteiger partial charge >= 0.3 is 0 Å². The lowest BCUT2D eigenvalue weighted by Crippen LogP contribution is -2.00. The molecule has 0 unspecified atom stereocenters. The summed E-state index contributed by atoms with van der Waals surface area (Å²) in [5, 5.41) is 4.77. The molecule has 0 fully saturated rings. The molecule has 0 aliphatic rings. The largest absolute Gasteiger partial charge is 0.380 e. The first-order valence-electron chi connectivity index (χ1n) is 5.50. The van der Waals surface area contributed by atoms with E-state index in [4.69, 9.17) is 23.2 Å². The Balaban J connectivity index is 2.11. The molecule has 0 aliphatic carbocycles. The van der Waals surface area contributed by atoms with Gasteiger partial charge in [0, 0.05) is 11.0 Å². The summed E-state index contributed by atoms with van der Waals surface area (Å²) in [5.41, 5.74) is 3.27. The monoisotopic (exact) mass is 343 g/mol. The highest BCUT2D eigenvalue weighted by Gasteiger charge is 2.02. The van der Waals surface area contributed by atoms with Crippen molar-refractivity contribution in [3.05, 3.63) is 62.0 Å². The van der Waals surface area contributed by atoms with Crippen molar-refractivity contribution >= 4 is 44.8 Å². The molecule has 2 aromatic rings. The van der Waals surface area contributed by atoms with Crippen molar-refractivity contribution < 1.29 is 0 Å². The van der Waals surface area contributed by atoms with Gasteiger partial charge < -0.3 is 5.32 Å². The summed E-state index contributed by atoms with van der Waals surface area (Å²) in [6, 6.07) is 11.8. The van der Waals surface area contributed by atoms with Crippen LogP contribution in [0.15, 0.2) is 40.9 Å². The Morgan fingerprint density at radius 1 is 1.06 bits per heavy atom. The van der Waals surface area contributed by atoms with E-state index in [0.717, 1.165) is 20.7 Å². The van der Waals surface area contributed by atoms with E-state index in [2.05, 4.69) is 21.2 Å². The lowest BCUT2D eigenvalue weighted by molar-refractivity contribution is 1.14. The first-order valence-corrected chi connectivity index (χ1v) is 7.05. The lowest BCUT2D eigenvalue weighted by Gasteiger charge is -2.10. The van der Waals surface area contributed by atoms with Gasteiger partial charge in [-0.25, -0.2) is 0 Å². The van der Waals surface area contributed by atoms with Gasteiger partial charge in [-0.1, -0.05) is 35.3 Å². The van der Waals surface area contributed by atoms with Crippen LogP contribution >= 0.6 is 39.1 Å². The minimum absolute atomic E-state index is 0.707. The number of nitrogens with one attached hydrogen (secondary N) is 1. The second kappa shape index (κ2) is 5.96. The van der Waals surface area contributed by atoms with E-state index in [0.29, 0.717) is 11.6 Å². The van der Waals surface area contributed by atoms with Crippen LogP contribution in [-0.2, 0) is 6.54 Å². The third-order valence-corrected chi connectivity index (χ3v) is 4.13. The minimum Gasteiger partial charge on any atom is -0.380 e. The topological polar surface area (TPSA) is 12.0 Å². The predicted octanol–water partition coefficient (Wildman–Crippen LogP) is 5.68. The summed E-state index contributed by atoms with van der Waals surface area (Å²) in [7, 11) is 0. The number of hydrogen-bond acceptors (Lipinski definition) is 1. The molecule has 94 valence electrons. The van der Waals surface area contributed by atoms with Gasteiger partial charge in [0.1, 0.15) is 0 Å². The molecule has 0 aliphatic heterocycles. The summed E-state index contributed by atoms with van der Waals surface area (Å²) in [5.74, 6) is 0. The maximum absolute atomic E-state index is 6.13. The zero-order valence-corrected chi connectivity index (χ0v) is 12.9. The Morgan fingerprint density at radius 2 is 1.78 bits per heavy atom. The molecule has 0 saturated heterocycles. The van der Waals surface area contributed by atoms with Crippen molar-refractivity contribution in [2.45, 2.75) is 13.5 Å². The highest BCUT2D eigenvalue weighted by molar-refractivity contribution is 9.10. The number of rotatable bonds is 3. The molecular weight excluding hydrogens is 333 g/mol. The van der Waals surface area contributed by atoms with E-state index in [9.17, 15) is 0 Å². The number of hydrogen-bond donors (Lipinski definition) is 1. The number of benzene rings is 2. The molecule has 1 nitrogen and oxygen atoms in total. The van der Waals surface area contributed by atoms with Crippen LogP contribution in [0.2, 0.25) is 10.0 Å². The van der Waals surface area contributed by atoms with Crippen LogP contribution in [0.25, 0.3) is 0 Å². The van der Waals surface area contributed by atoms with Gasteiger partial charge in [0.25, 0.3) is 0 Å². The standard InChI is InChI=1S/C14H12BrCl2N/c1-9-2-4-13(17)14(6-9)18-8-10-3-5-12(16)11(15)7-10/h2-7,18H,8H2,1H3. The molecule has 0 bridgehead atoms. The first kappa shape index (κ1) is 13.7. The average Bonchev–Trinajstić information content (AvgIpc) is 2.34. The van der Waals surface area contributed by atoms with Gasteiger partial charge in [0.15, 0.2) is 0 Å². The van der Waals surface area contributed by atoms with Gasteiger partial charge in [0.05, 0.1) is 15.7 Å². The molecule has 0 heterocycles. The molecule has 0 spiro atoms. The summed E-state index contributed by atoms with van der Waals surface area (Å²) < 4.78 is 0.902. The molecule has 0 aromatic heterocycles. The minimum atomic E-state index is 0.707. The molecule has 0 saturated carbocycles. The third kappa shape index (κ3) is 3.41. The van der Waals surface area contributed by atoms with E-state index in [1.165, 1.54) is 5.56 Å². The number of aryl methyl sites for hydroxylation is 1. The predicted molar refractivity (Wildman–Crippen MR) is 82.7 cm³/mol. The smallest absolute Gasteiger partial charge is 0.0637 e. The Morgan fingerprint density at radius 3 is 2.50 bits per heavy atom. The molecule has 2 rings (SSSR count). The first-order chi connectivity index (χ1) is 8.56. The fraction of sp³-hybridized carbons (Fsp3) is 0.143. The molecule has 18 heavy (non-hydrogen) atoms. The second-order valence-electron chi connectivity index (χ2n) is 4.09. The van der Waals surface area contributed by atoms with Crippen LogP contribution < -0.4 is 5.32 Å². The zero-order chi connectivity index (χ0) is 13.1. The number of halogens is 3. The SMILES string of the molecule is Cc1ccc(Cl)c(NCc2ccc(Cl)c(Br)c2)c1. The van der Waals surface area contributed by atoms with Crippen molar-refractivity contribution in [3.63, 3.8) is 0 Å². The van der Waals surface area contributed by atoms with Crippen LogP contribution in [-0.4, -0.2) is 0 Å². The van der Waals surface area contributed by atoms with Gasteiger partial charge in [-0.2, -0.15) is 0 Å². The normalized spacial score (nSPS) is 10.4. The highest BCUT2D eigenvalue weighted by atomic mass is 79.9. The fourth-order valence-electron chi connectivity index (χ4n) is 1.62.